The predicted molar refractivity (Wildman–Crippen MR) is 76.4 cm³/mol. The van der Waals surface area contributed by atoms with Gasteiger partial charge in [-0.3, -0.25) is 0 Å². The van der Waals surface area contributed by atoms with Gasteiger partial charge in [0.25, 0.3) is 0 Å². The van der Waals surface area contributed by atoms with E-state index in [1.165, 1.54) is 5.56 Å². The zero-order valence-electron chi connectivity index (χ0n) is 10.2. The Labute approximate surface area is 115 Å². The molecular weight excluding hydrogens is 292 g/mol. The van der Waals surface area contributed by atoms with Crippen molar-refractivity contribution in [3.05, 3.63) is 58.2 Å². The normalized spacial score (nSPS) is 10.4. The number of aliphatic hydroxyl groups is 1. The van der Waals surface area contributed by atoms with E-state index in [0.29, 0.717) is 0 Å². The first kappa shape index (κ1) is 13.1. The van der Waals surface area contributed by atoms with Gasteiger partial charge in [0.05, 0.1) is 6.61 Å². The van der Waals surface area contributed by atoms with Crippen LogP contribution in [-0.4, -0.2) is 17.1 Å². The molecule has 0 aliphatic heterocycles. The van der Waals surface area contributed by atoms with Crippen LogP contribution in [0.5, 0.6) is 0 Å². The molecule has 0 radical (unpaired) electrons. The van der Waals surface area contributed by atoms with Gasteiger partial charge < -0.3 is 10.0 Å². The molecule has 3 nitrogen and oxygen atoms in total. The number of aliphatic hydroxyl groups excluding tert-OH is 1. The molecule has 0 saturated heterocycles. The zero-order valence-corrected chi connectivity index (χ0v) is 11.8. The molecule has 0 aliphatic rings. The summed E-state index contributed by atoms with van der Waals surface area (Å²) in [6, 6.07) is 12.1. The Hall–Kier alpha value is -1.39. The predicted octanol–water partition coefficient (Wildman–Crippen LogP) is 2.97. The lowest BCUT2D eigenvalue weighted by atomic mass is 10.2. The first-order valence-electron chi connectivity index (χ1n) is 5.71. The number of rotatable bonds is 4. The molecular formula is C14H15BrN2O. The summed E-state index contributed by atoms with van der Waals surface area (Å²) in [5.74, 6) is 0.810. The van der Waals surface area contributed by atoms with Gasteiger partial charge in [0.1, 0.15) is 5.82 Å². The van der Waals surface area contributed by atoms with Crippen molar-refractivity contribution in [2.45, 2.75) is 13.2 Å². The largest absolute Gasteiger partial charge is 0.392 e. The topological polar surface area (TPSA) is 36.4 Å². The highest BCUT2D eigenvalue weighted by Crippen LogP contribution is 2.22. The Bertz CT molecular complexity index is 516. The van der Waals surface area contributed by atoms with Gasteiger partial charge in [0.15, 0.2) is 0 Å². The molecule has 1 N–H and O–H groups in total. The minimum atomic E-state index is -0.0130. The molecule has 2 aromatic rings. The fourth-order valence-electron chi connectivity index (χ4n) is 1.87. The summed E-state index contributed by atoms with van der Waals surface area (Å²) in [6.45, 7) is 0.753. The van der Waals surface area contributed by atoms with E-state index in [2.05, 4.69) is 33.0 Å². The number of benzene rings is 1. The smallest absolute Gasteiger partial charge is 0.134 e. The fraction of sp³-hybridized carbons (Fsp3) is 0.214. The molecule has 1 aromatic carbocycles. The molecule has 18 heavy (non-hydrogen) atoms. The van der Waals surface area contributed by atoms with Crippen molar-refractivity contribution in [2.24, 2.45) is 0 Å². The number of halogens is 1. The average Bonchev–Trinajstić information content (AvgIpc) is 2.39. The van der Waals surface area contributed by atoms with E-state index < -0.39 is 0 Å². The lowest BCUT2D eigenvalue weighted by Crippen LogP contribution is -2.19. The van der Waals surface area contributed by atoms with Crippen molar-refractivity contribution in [1.29, 1.82) is 0 Å². The van der Waals surface area contributed by atoms with E-state index >= 15 is 0 Å². The third-order valence-electron chi connectivity index (χ3n) is 2.70. The zero-order chi connectivity index (χ0) is 13.0. The minimum Gasteiger partial charge on any atom is -0.392 e. The summed E-state index contributed by atoms with van der Waals surface area (Å²) in [5, 5.41) is 9.37. The van der Waals surface area contributed by atoms with Crippen LogP contribution in [0, 0.1) is 0 Å². The van der Waals surface area contributed by atoms with E-state index in [9.17, 15) is 5.11 Å². The van der Waals surface area contributed by atoms with Gasteiger partial charge in [0, 0.05) is 29.8 Å². The van der Waals surface area contributed by atoms with Gasteiger partial charge in [-0.05, 0) is 27.6 Å². The molecule has 0 aliphatic carbocycles. The highest BCUT2D eigenvalue weighted by molar-refractivity contribution is 9.10. The summed E-state index contributed by atoms with van der Waals surface area (Å²) in [5.41, 5.74) is 2.04. The number of anilines is 1. The van der Waals surface area contributed by atoms with Gasteiger partial charge in [-0.15, -0.1) is 0 Å². The van der Waals surface area contributed by atoms with E-state index in [4.69, 9.17) is 0 Å². The van der Waals surface area contributed by atoms with Crippen LogP contribution in [0.15, 0.2) is 47.1 Å². The highest BCUT2D eigenvalue weighted by Gasteiger charge is 2.09. The standard InChI is InChI=1S/C14H15BrN2O/c1-17(9-11-5-3-2-4-6-11)14-12(10-18)7-13(15)8-16-14/h2-8,18H,9-10H2,1H3. The van der Waals surface area contributed by atoms with E-state index in [1.54, 1.807) is 6.20 Å². The number of aromatic nitrogens is 1. The molecule has 4 heteroatoms. The minimum absolute atomic E-state index is 0.0130. The summed E-state index contributed by atoms with van der Waals surface area (Å²) >= 11 is 3.36. The van der Waals surface area contributed by atoms with Crippen LogP contribution in [-0.2, 0) is 13.2 Å². The summed E-state index contributed by atoms with van der Waals surface area (Å²) < 4.78 is 0.878. The fourth-order valence-corrected chi connectivity index (χ4v) is 2.24. The first-order valence-corrected chi connectivity index (χ1v) is 6.50. The molecule has 0 unspecified atom stereocenters. The highest BCUT2D eigenvalue weighted by atomic mass is 79.9. The van der Waals surface area contributed by atoms with Crippen LogP contribution in [0.25, 0.3) is 0 Å². The van der Waals surface area contributed by atoms with Crippen LogP contribution in [0.4, 0.5) is 5.82 Å². The molecule has 0 fully saturated rings. The van der Waals surface area contributed by atoms with E-state index in [0.717, 1.165) is 22.4 Å². The Morgan fingerprint density at radius 1 is 1.28 bits per heavy atom. The van der Waals surface area contributed by atoms with Gasteiger partial charge in [-0.25, -0.2) is 4.98 Å². The Morgan fingerprint density at radius 2 is 2.00 bits per heavy atom. The molecule has 0 amide bonds. The quantitative estimate of drug-likeness (QED) is 0.943. The second-order valence-corrected chi connectivity index (χ2v) is 5.05. The van der Waals surface area contributed by atoms with E-state index in [1.807, 2.05) is 36.2 Å². The van der Waals surface area contributed by atoms with Crippen molar-refractivity contribution in [2.75, 3.05) is 11.9 Å². The molecule has 0 bridgehead atoms. The Morgan fingerprint density at radius 3 is 2.67 bits per heavy atom. The number of hydrogen-bond donors (Lipinski definition) is 1. The van der Waals surface area contributed by atoms with Crippen molar-refractivity contribution in [3.8, 4) is 0 Å². The summed E-state index contributed by atoms with van der Waals surface area (Å²) in [7, 11) is 1.97. The number of hydrogen-bond acceptors (Lipinski definition) is 3. The second-order valence-electron chi connectivity index (χ2n) is 4.14. The van der Waals surface area contributed by atoms with Gasteiger partial charge in [-0.1, -0.05) is 30.3 Å². The maximum atomic E-state index is 9.37. The monoisotopic (exact) mass is 306 g/mol. The third-order valence-corrected chi connectivity index (χ3v) is 3.14. The van der Waals surface area contributed by atoms with Crippen molar-refractivity contribution >= 4 is 21.7 Å². The molecule has 0 atom stereocenters. The van der Waals surface area contributed by atoms with Crippen LogP contribution >= 0.6 is 15.9 Å². The lowest BCUT2D eigenvalue weighted by Gasteiger charge is -2.20. The Balaban J connectivity index is 2.21. The average molecular weight is 307 g/mol. The van der Waals surface area contributed by atoms with Crippen LogP contribution in [0.2, 0.25) is 0 Å². The number of pyridine rings is 1. The SMILES string of the molecule is CN(Cc1ccccc1)c1ncc(Br)cc1CO. The Kier molecular flexibility index (Phi) is 4.33. The van der Waals surface area contributed by atoms with Gasteiger partial charge in [0.2, 0.25) is 0 Å². The number of nitrogens with zero attached hydrogens (tertiary/aromatic N) is 2. The molecule has 0 spiro atoms. The third kappa shape index (κ3) is 3.09. The summed E-state index contributed by atoms with van der Waals surface area (Å²) in [4.78, 5) is 6.40. The van der Waals surface area contributed by atoms with E-state index in [-0.39, 0.29) is 6.61 Å². The molecule has 2 rings (SSSR count). The van der Waals surface area contributed by atoms with Crippen molar-refractivity contribution in [3.63, 3.8) is 0 Å². The first-order chi connectivity index (χ1) is 8.70. The van der Waals surface area contributed by atoms with Crippen molar-refractivity contribution < 1.29 is 5.11 Å². The van der Waals surface area contributed by atoms with Crippen molar-refractivity contribution in [1.82, 2.24) is 4.98 Å². The second kappa shape index (κ2) is 5.98. The summed E-state index contributed by atoms with van der Waals surface area (Å²) in [6.07, 6.45) is 1.75. The molecule has 1 aromatic heterocycles. The maximum absolute atomic E-state index is 9.37. The van der Waals surface area contributed by atoms with Crippen LogP contribution in [0.3, 0.4) is 0 Å². The van der Waals surface area contributed by atoms with Gasteiger partial charge >= 0.3 is 0 Å². The van der Waals surface area contributed by atoms with Crippen LogP contribution < -0.4 is 4.90 Å². The maximum Gasteiger partial charge on any atom is 0.134 e. The van der Waals surface area contributed by atoms with Crippen LogP contribution in [0.1, 0.15) is 11.1 Å². The van der Waals surface area contributed by atoms with Gasteiger partial charge in [-0.2, -0.15) is 0 Å². The molecule has 0 saturated carbocycles. The lowest BCUT2D eigenvalue weighted by molar-refractivity contribution is 0.281. The molecule has 94 valence electrons. The molecule has 1 heterocycles.